The van der Waals surface area contributed by atoms with Crippen LogP contribution in [0.15, 0.2) is 41.1 Å². The summed E-state index contributed by atoms with van der Waals surface area (Å²) in [6, 6.07) is 9.61. The zero-order valence-electron chi connectivity index (χ0n) is 12.3. The van der Waals surface area contributed by atoms with Gasteiger partial charge < -0.3 is 0 Å². The van der Waals surface area contributed by atoms with Crippen molar-refractivity contribution in [2.24, 2.45) is 0 Å². The highest BCUT2D eigenvalue weighted by atomic mass is 32.1. The number of thiophene rings is 2. The molecule has 0 N–H and O–H groups in total. The van der Waals surface area contributed by atoms with E-state index in [1.807, 2.05) is 41.1 Å². The molecule has 0 fully saturated rings. The average molecular weight is 337 g/mol. The van der Waals surface area contributed by atoms with Gasteiger partial charge in [-0.2, -0.15) is 0 Å². The number of hydrogen-bond acceptors (Lipinski definition) is 3. The summed E-state index contributed by atoms with van der Waals surface area (Å²) in [6.07, 6.45) is 0. The maximum Gasteiger partial charge on any atom is 0.115 e. The molecular weight excluding hydrogens is 330 g/mol. The fourth-order valence-electron chi connectivity index (χ4n) is 2.02. The minimum atomic E-state index is 0.701. The maximum absolute atomic E-state index is 4.49. The van der Waals surface area contributed by atoms with Crippen LogP contribution >= 0.6 is 22.7 Å². The van der Waals surface area contributed by atoms with Crippen molar-refractivity contribution in [3.05, 3.63) is 73.4 Å². The van der Waals surface area contributed by atoms with Crippen LogP contribution in [0, 0.1) is 47.4 Å². The Labute approximate surface area is 148 Å². The first-order chi connectivity index (χ1) is 11.9. The molecule has 0 saturated carbocycles. The van der Waals surface area contributed by atoms with Crippen LogP contribution in [0.5, 0.6) is 0 Å². The van der Waals surface area contributed by atoms with Gasteiger partial charge in [-0.1, -0.05) is 17.9 Å². The third kappa shape index (κ3) is 3.10. The minimum Gasteiger partial charge on any atom is -0.231 e. The fourth-order valence-corrected chi connectivity index (χ4v) is 3.41. The van der Waals surface area contributed by atoms with Gasteiger partial charge in [0.05, 0.1) is 20.9 Å². The Balaban J connectivity index is 1.91. The first kappa shape index (κ1) is 14.4. The summed E-state index contributed by atoms with van der Waals surface area (Å²) < 4.78 is 0. The molecule has 3 heteroatoms. The van der Waals surface area contributed by atoms with Gasteiger partial charge in [0.15, 0.2) is 0 Å². The number of fused-ring (bicyclic) bond motifs is 4. The smallest absolute Gasteiger partial charge is 0.115 e. The largest absolute Gasteiger partial charge is 0.231 e. The molecule has 4 rings (SSSR count). The van der Waals surface area contributed by atoms with Crippen molar-refractivity contribution in [1.29, 1.82) is 0 Å². The molecule has 2 bridgehead atoms. The van der Waals surface area contributed by atoms with Crippen molar-refractivity contribution in [3.63, 3.8) is 0 Å². The quantitative estimate of drug-likeness (QED) is 0.570. The van der Waals surface area contributed by atoms with Gasteiger partial charge in [0.2, 0.25) is 0 Å². The molecule has 4 heterocycles. The molecule has 0 aliphatic carbocycles. The van der Waals surface area contributed by atoms with E-state index in [1.165, 1.54) is 0 Å². The highest BCUT2D eigenvalue weighted by Crippen LogP contribution is 2.15. The lowest BCUT2D eigenvalue weighted by Crippen LogP contribution is -1.87. The Morgan fingerprint density at radius 1 is 0.625 bits per heavy atom. The third-order valence-corrected chi connectivity index (χ3v) is 4.80. The molecule has 0 spiro atoms. The number of nitrogens with zero attached hydrogens (tertiary/aromatic N) is 1. The second kappa shape index (κ2) is 6.50. The molecule has 1 nitrogen and oxygen atoms in total. The van der Waals surface area contributed by atoms with E-state index >= 15 is 0 Å². The van der Waals surface area contributed by atoms with Gasteiger partial charge >= 0.3 is 0 Å². The predicted molar refractivity (Wildman–Crippen MR) is 98.6 cm³/mol. The van der Waals surface area contributed by atoms with Crippen LogP contribution in [-0.4, -0.2) is 4.98 Å². The zero-order chi connectivity index (χ0) is 16.2. The summed E-state index contributed by atoms with van der Waals surface area (Å²) in [5.74, 6) is 24.4. The van der Waals surface area contributed by atoms with Crippen molar-refractivity contribution >= 4 is 22.7 Å². The number of hydrogen-bond donors (Lipinski definition) is 0. The Morgan fingerprint density at radius 2 is 1.17 bits per heavy atom. The van der Waals surface area contributed by atoms with E-state index in [-0.39, 0.29) is 0 Å². The summed E-state index contributed by atoms with van der Waals surface area (Å²) in [5, 5.41) is 3.97. The van der Waals surface area contributed by atoms with Crippen LogP contribution in [0.25, 0.3) is 0 Å². The molecule has 24 heavy (non-hydrogen) atoms. The van der Waals surface area contributed by atoms with Crippen LogP contribution < -0.4 is 0 Å². The van der Waals surface area contributed by atoms with Gasteiger partial charge in [-0.05, 0) is 70.5 Å². The third-order valence-electron chi connectivity index (χ3n) is 3.14. The van der Waals surface area contributed by atoms with E-state index in [9.17, 15) is 0 Å². The van der Waals surface area contributed by atoms with Crippen LogP contribution in [0.1, 0.15) is 32.3 Å². The highest BCUT2D eigenvalue weighted by Gasteiger charge is 2.00. The molecule has 0 radical (unpaired) electrons. The monoisotopic (exact) mass is 337 g/mol. The van der Waals surface area contributed by atoms with Crippen molar-refractivity contribution in [2.75, 3.05) is 0 Å². The average Bonchev–Trinajstić information content (AvgIpc) is 3.24. The van der Waals surface area contributed by atoms with Crippen LogP contribution in [0.2, 0.25) is 0 Å². The van der Waals surface area contributed by atoms with Crippen LogP contribution in [0.4, 0.5) is 0 Å². The molecule has 1 aliphatic heterocycles. The maximum atomic E-state index is 4.49. The standard InChI is InChI=1S/C21H7NS2/c1-2-5-17-13-15-24-21(17)11-9-19-7-3-6-18(22-19)8-10-20-16(4-1)12-14-23-20/h3,6-7,12-15H. The normalized spacial score (nSPS) is 10.5. The van der Waals surface area contributed by atoms with Crippen molar-refractivity contribution in [2.45, 2.75) is 0 Å². The SMILES string of the molecule is C1#Cc2ccsc2C#Cc2cccc(n2)C#Cc2sccc2C#C1. The van der Waals surface area contributed by atoms with Gasteiger partial charge in [-0.25, -0.2) is 4.98 Å². The molecule has 0 atom stereocenters. The first-order valence-electron chi connectivity index (χ1n) is 7.06. The molecule has 0 amide bonds. The molecule has 0 aromatic carbocycles. The van der Waals surface area contributed by atoms with E-state index in [2.05, 4.69) is 52.3 Å². The number of pyridine rings is 1. The van der Waals surface area contributed by atoms with E-state index in [0.717, 1.165) is 20.9 Å². The van der Waals surface area contributed by atoms with Gasteiger partial charge in [-0.3, -0.25) is 0 Å². The Bertz CT molecular complexity index is 1090. The topological polar surface area (TPSA) is 12.9 Å². The summed E-state index contributed by atoms with van der Waals surface area (Å²) in [5.41, 5.74) is 3.20. The van der Waals surface area contributed by atoms with Crippen molar-refractivity contribution in [1.82, 2.24) is 4.98 Å². The van der Waals surface area contributed by atoms with Gasteiger partial charge in [0, 0.05) is 0 Å². The molecular formula is C21H7NS2. The van der Waals surface area contributed by atoms with E-state index in [1.54, 1.807) is 22.7 Å². The van der Waals surface area contributed by atoms with Crippen LogP contribution in [0.3, 0.4) is 0 Å². The fraction of sp³-hybridized carbons (Fsp3) is 0. The van der Waals surface area contributed by atoms with Gasteiger partial charge in [0.1, 0.15) is 11.4 Å². The predicted octanol–water partition coefficient (Wildman–Crippen LogP) is 3.72. The minimum absolute atomic E-state index is 0.701. The lowest BCUT2D eigenvalue weighted by molar-refractivity contribution is 1.25. The van der Waals surface area contributed by atoms with Crippen LogP contribution in [-0.2, 0) is 0 Å². The summed E-state index contributed by atoms with van der Waals surface area (Å²) in [4.78, 5) is 6.34. The summed E-state index contributed by atoms with van der Waals surface area (Å²) in [6.45, 7) is 0. The number of aromatic nitrogens is 1. The second-order valence-corrected chi connectivity index (χ2v) is 6.57. The molecule has 108 valence electrons. The second-order valence-electron chi connectivity index (χ2n) is 4.73. The Morgan fingerprint density at radius 3 is 1.71 bits per heavy atom. The molecule has 0 saturated heterocycles. The van der Waals surface area contributed by atoms with E-state index in [0.29, 0.717) is 11.4 Å². The molecule has 3 aromatic heterocycles. The first-order valence-corrected chi connectivity index (χ1v) is 8.82. The lowest BCUT2D eigenvalue weighted by Gasteiger charge is -1.92. The summed E-state index contributed by atoms with van der Waals surface area (Å²) in [7, 11) is 0. The molecule has 1 aliphatic rings. The Hall–Kier alpha value is -3.21. The molecule has 3 aromatic rings. The molecule has 0 unspecified atom stereocenters. The lowest BCUT2D eigenvalue weighted by atomic mass is 10.2. The Kier molecular flexibility index (Phi) is 3.90. The highest BCUT2D eigenvalue weighted by molar-refractivity contribution is 7.11. The summed E-state index contributed by atoms with van der Waals surface area (Å²) >= 11 is 3.13. The van der Waals surface area contributed by atoms with Gasteiger partial charge in [0.25, 0.3) is 0 Å². The number of rotatable bonds is 0. The van der Waals surface area contributed by atoms with Crippen molar-refractivity contribution in [3.8, 4) is 47.4 Å². The zero-order valence-corrected chi connectivity index (χ0v) is 13.9. The van der Waals surface area contributed by atoms with E-state index < -0.39 is 0 Å². The van der Waals surface area contributed by atoms with E-state index in [4.69, 9.17) is 0 Å². The van der Waals surface area contributed by atoms with Crippen molar-refractivity contribution < 1.29 is 0 Å². The van der Waals surface area contributed by atoms with Gasteiger partial charge in [-0.15, -0.1) is 22.7 Å².